The molecule has 0 unspecified atom stereocenters. The first-order valence-corrected chi connectivity index (χ1v) is 3.75. The summed E-state index contributed by atoms with van der Waals surface area (Å²) < 4.78 is 66.3. The maximum absolute atomic E-state index is 11.8. The number of halogens is 9. The van der Waals surface area contributed by atoms with E-state index in [4.69, 9.17) is 0 Å². The summed E-state index contributed by atoms with van der Waals surface area (Å²) in [6.07, 6.45) is -10.8. The van der Waals surface area contributed by atoms with E-state index in [1.165, 1.54) is 0 Å². The third kappa shape index (κ3) is 2.95. The Labute approximate surface area is 83.7 Å². The van der Waals surface area contributed by atoms with Crippen molar-refractivity contribution in [1.29, 1.82) is 0 Å². The summed E-state index contributed by atoms with van der Waals surface area (Å²) in [4.78, 5) is 0. The van der Waals surface area contributed by atoms with Gasteiger partial charge in [-0.25, -0.2) is 0 Å². The van der Waals surface area contributed by atoms with Gasteiger partial charge in [0.05, 0.1) is 0 Å². The van der Waals surface area contributed by atoms with Crippen molar-refractivity contribution in [1.82, 2.24) is 0 Å². The van der Waals surface area contributed by atoms with Crippen molar-refractivity contribution in [2.75, 3.05) is 0 Å². The Morgan fingerprint density at radius 1 is 0.846 bits per heavy atom. The molecule has 0 amide bonds. The van der Waals surface area contributed by atoms with Crippen molar-refractivity contribution < 1.29 is 26.3 Å². The van der Waals surface area contributed by atoms with Crippen molar-refractivity contribution in [3.63, 3.8) is 0 Å². The minimum Gasteiger partial charge on any atom is -0.169 e. The van der Waals surface area contributed by atoms with Gasteiger partial charge >= 0.3 is 12.4 Å². The summed E-state index contributed by atoms with van der Waals surface area (Å²) >= 11 is 13.3. The van der Waals surface area contributed by atoms with Gasteiger partial charge in [-0.15, -0.1) is 11.6 Å². The molecule has 13 heavy (non-hydrogen) atoms. The Morgan fingerprint density at radius 3 is 1.23 bits per heavy atom. The Hall–Kier alpha value is 0.450. The summed E-state index contributed by atoms with van der Waals surface area (Å²) in [5.74, 6) is 0. The molecule has 0 aromatic heterocycles. The lowest BCUT2D eigenvalue weighted by molar-refractivity contribution is -0.186. The highest BCUT2D eigenvalue weighted by Crippen LogP contribution is 2.49. The zero-order chi connectivity index (χ0) is 11.1. The fourth-order valence-corrected chi connectivity index (χ4v) is 0.720. The second kappa shape index (κ2) is 3.55. The molecule has 80 valence electrons. The van der Waals surface area contributed by atoms with E-state index in [2.05, 4.69) is 34.8 Å². The normalized spacial score (nSPS) is 17.3. The van der Waals surface area contributed by atoms with E-state index in [1.807, 2.05) is 0 Å². The molecule has 0 spiro atoms. The van der Waals surface area contributed by atoms with Crippen LogP contribution in [0.4, 0.5) is 26.3 Å². The third-order valence-electron chi connectivity index (χ3n) is 0.984. The van der Waals surface area contributed by atoms with Gasteiger partial charge in [-0.2, -0.15) is 26.3 Å². The lowest BCUT2D eigenvalue weighted by Gasteiger charge is -2.28. The Bertz CT molecular complexity index is 181. The van der Waals surface area contributed by atoms with E-state index in [1.54, 1.807) is 0 Å². The molecular formula is C4HCl3F6. The SMILES string of the molecule is FC(F)(F)[C@H](Cl)C(Cl)(Cl)C(F)(F)F. The topological polar surface area (TPSA) is 0 Å². The summed E-state index contributed by atoms with van der Waals surface area (Å²) in [7, 11) is 0. The maximum atomic E-state index is 11.8. The minimum absolute atomic E-state index is 3.40. The monoisotopic (exact) mass is 268 g/mol. The Morgan fingerprint density at radius 2 is 1.15 bits per heavy atom. The second-order valence-corrected chi connectivity index (χ2v) is 3.85. The lowest BCUT2D eigenvalue weighted by atomic mass is 10.2. The van der Waals surface area contributed by atoms with Gasteiger partial charge in [0.25, 0.3) is 0 Å². The molecule has 0 nitrogen and oxygen atoms in total. The standard InChI is InChI=1S/C4HCl3F6/c5-1(3(8,9)10)2(6,7)4(11,12)13/h1H/t1-/m1/s1. The number of alkyl halides is 9. The quantitative estimate of drug-likeness (QED) is 0.500. The molecule has 0 aromatic carbocycles. The largest absolute Gasteiger partial charge is 0.423 e. The molecule has 9 heteroatoms. The third-order valence-corrected chi connectivity index (χ3v) is 2.65. The van der Waals surface area contributed by atoms with Gasteiger partial charge in [-0.1, -0.05) is 23.2 Å². The van der Waals surface area contributed by atoms with Crippen LogP contribution in [-0.4, -0.2) is 22.1 Å². The van der Waals surface area contributed by atoms with Gasteiger partial charge in [0.2, 0.25) is 4.33 Å². The van der Waals surface area contributed by atoms with Crippen molar-refractivity contribution >= 4 is 34.8 Å². The molecule has 0 rings (SSSR count). The zero-order valence-corrected chi connectivity index (χ0v) is 7.75. The van der Waals surface area contributed by atoms with Crippen LogP contribution in [0.3, 0.4) is 0 Å². The van der Waals surface area contributed by atoms with Gasteiger partial charge < -0.3 is 0 Å². The van der Waals surface area contributed by atoms with Crippen LogP contribution in [-0.2, 0) is 0 Å². The zero-order valence-electron chi connectivity index (χ0n) is 5.48. The molecule has 1 atom stereocenters. The first-order chi connectivity index (χ1) is 5.40. The molecular weight excluding hydrogens is 268 g/mol. The van der Waals surface area contributed by atoms with E-state index in [0.29, 0.717) is 0 Å². The van der Waals surface area contributed by atoms with Crippen LogP contribution in [0.1, 0.15) is 0 Å². The van der Waals surface area contributed by atoms with Crippen LogP contribution in [0, 0.1) is 0 Å². The predicted octanol–water partition coefficient (Wildman–Crippen LogP) is 3.89. The highest BCUT2D eigenvalue weighted by atomic mass is 35.5. The van der Waals surface area contributed by atoms with Gasteiger partial charge in [0, 0.05) is 0 Å². The molecule has 0 heterocycles. The molecule has 0 aromatic rings. The van der Waals surface area contributed by atoms with Gasteiger partial charge in [0.1, 0.15) is 0 Å². The lowest BCUT2D eigenvalue weighted by Crippen LogP contribution is -2.49. The van der Waals surface area contributed by atoms with Crippen molar-refractivity contribution in [2.45, 2.75) is 22.1 Å². The summed E-state index contributed by atoms with van der Waals surface area (Å²) in [6.45, 7) is 0. The molecule has 0 aliphatic carbocycles. The molecule has 0 aliphatic heterocycles. The average molecular weight is 269 g/mol. The number of rotatable bonds is 1. The van der Waals surface area contributed by atoms with Crippen LogP contribution in [0.15, 0.2) is 0 Å². The van der Waals surface area contributed by atoms with Gasteiger partial charge in [0.15, 0.2) is 5.38 Å². The van der Waals surface area contributed by atoms with E-state index < -0.39 is 22.1 Å². The summed E-state index contributed by atoms with van der Waals surface area (Å²) in [5, 5.41) is -3.40. The molecule has 0 aliphatic rings. The highest BCUT2D eigenvalue weighted by molar-refractivity contribution is 6.53. The molecule has 0 radical (unpaired) electrons. The van der Waals surface area contributed by atoms with E-state index in [0.717, 1.165) is 0 Å². The van der Waals surface area contributed by atoms with E-state index in [-0.39, 0.29) is 0 Å². The van der Waals surface area contributed by atoms with Gasteiger partial charge in [-0.3, -0.25) is 0 Å². The average Bonchev–Trinajstić information content (AvgIpc) is 1.81. The molecule has 0 N–H and O–H groups in total. The highest BCUT2D eigenvalue weighted by Gasteiger charge is 2.65. The first kappa shape index (κ1) is 13.4. The smallest absolute Gasteiger partial charge is 0.169 e. The minimum atomic E-state index is -5.45. The van der Waals surface area contributed by atoms with Crippen LogP contribution < -0.4 is 0 Å². The van der Waals surface area contributed by atoms with Crippen LogP contribution in [0.25, 0.3) is 0 Å². The maximum Gasteiger partial charge on any atom is 0.423 e. The number of hydrogen-bond acceptors (Lipinski definition) is 0. The molecule has 0 fully saturated rings. The summed E-state index contributed by atoms with van der Waals surface area (Å²) in [5.41, 5.74) is 0. The molecule has 0 saturated carbocycles. The fraction of sp³-hybridized carbons (Fsp3) is 1.00. The Balaban J connectivity index is 4.86. The van der Waals surface area contributed by atoms with Crippen LogP contribution >= 0.6 is 34.8 Å². The van der Waals surface area contributed by atoms with Crippen molar-refractivity contribution in [3.05, 3.63) is 0 Å². The Kier molecular flexibility index (Phi) is 3.67. The van der Waals surface area contributed by atoms with Crippen LogP contribution in [0.5, 0.6) is 0 Å². The van der Waals surface area contributed by atoms with E-state index >= 15 is 0 Å². The molecule has 0 bridgehead atoms. The summed E-state index contributed by atoms with van der Waals surface area (Å²) in [6, 6.07) is 0. The predicted molar refractivity (Wildman–Crippen MR) is 36.2 cm³/mol. The fourth-order valence-electron chi connectivity index (χ4n) is 0.349. The van der Waals surface area contributed by atoms with E-state index in [9.17, 15) is 26.3 Å². The first-order valence-electron chi connectivity index (χ1n) is 2.56. The van der Waals surface area contributed by atoms with Crippen molar-refractivity contribution in [2.24, 2.45) is 0 Å². The van der Waals surface area contributed by atoms with Gasteiger partial charge in [-0.05, 0) is 0 Å². The van der Waals surface area contributed by atoms with Crippen LogP contribution in [0.2, 0.25) is 0 Å². The van der Waals surface area contributed by atoms with Crippen molar-refractivity contribution in [3.8, 4) is 0 Å². The second-order valence-electron chi connectivity index (χ2n) is 2.02. The number of hydrogen-bond donors (Lipinski definition) is 0. The molecule has 0 saturated heterocycles.